The Bertz CT molecular complexity index is 1630. The quantitative estimate of drug-likeness (QED) is 0.152. The number of ketones is 1. The Kier molecular flexibility index (Phi) is 8.01. The summed E-state index contributed by atoms with van der Waals surface area (Å²) in [5.74, 6) is -0.407. The molecule has 0 aliphatic rings. The second-order valence-corrected chi connectivity index (χ2v) is 11.9. The van der Waals surface area contributed by atoms with Crippen molar-refractivity contribution in [2.24, 2.45) is 5.73 Å². The number of aryl methyl sites for hydroxylation is 1. The highest BCUT2D eigenvalue weighted by molar-refractivity contribution is 7.17. The minimum absolute atomic E-state index is 0.0220. The van der Waals surface area contributed by atoms with Gasteiger partial charge in [-0.15, -0.1) is 11.3 Å². The van der Waals surface area contributed by atoms with Crippen molar-refractivity contribution in [3.05, 3.63) is 108 Å². The number of aromatic nitrogens is 1. The van der Waals surface area contributed by atoms with Gasteiger partial charge in [0.25, 0.3) is 0 Å². The lowest BCUT2D eigenvalue weighted by Gasteiger charge is -2.22. The van der Waals surface area contributed by atoms with Crippen LogP contribution in [0.5, 0.6) is 0 Å². The van der Waals surface area contributed by atoms with E-state index in [-0.39, 0.29) is 11.8 Å². The monoisotopic (exact) mass is 549 g/mol. The summed E-state index contributed by atoms with van der Waals surface area (Å²) >= 11 is 1.45. The molecule has 0 spiro atoms. The van der Waals surface area contributed by atoms with Crippen LogP contribution in [0.4, 0.5) is 0 Å². The first-order chi connectivity index (χ1) is 19.2. The number of carbonyl (C=O) groups excluding carboxylic acids is 2. The van der Waals surface area contributed by atoms with E-state index in [0.717, 1.165) is 32.6 Å². The molecular weight excluding hydrogens is 516 g/mol. The first-order valence-electron chi connectivity index (χ1n) is 13.5. The molecule has 0 bridgehead atoms. The van der Waals surface area contributed by atoms with Crippen molar-refractivity contribution < 1.29 is 14.3 Å². The summed E-state index contributed by atoms with van der Waals surface area (Å²) in [6.07, 6.45) is 1.18. The van der Waals surface area contributed by atoms with Crippen LogP contribution in [0.2, 0.25) is 0 Å². The Morgan fingerprint density at radius 3 is 2.30 bits per heavy atom. The van der Waals surface area contributed by atoms with E-state index >= 15 is 0 Å². The van der Waals surface area contributed by atoms with Gasteiger partial charge in [-0.05, 0) is 62.9 Å². The molecule has 3 aromatic carbocycles. The first-order valence-corrected chi connectivity index (χ1v) is 14.3. The summed E-state index contributed by atoms with van der Waals surface area (Å²) in [5, 5.41) is 1.05. The maximum atomic E-state index is 13.5. The van der Waals surface area contributed by atoms with E-state index in [1.54, 1.807) is 6.07 Å². The van der Waals surface area contributed by atoms with Gasteiger partial charge in [-0.25, -0.2) is 0 Å². The molecule has 40 heavy (non-hydrogen) atoms. The highest BCUT2D eigenvalue weighted by atomic mass is 32.1. The van der Waals surface area contributed by atoms with Gasteiger partial charge in [-0.3, -0.25) is 9.59 Å². The van der Waals surface area contributed by atoms with Gasteiger partial charge in [0.15, 0.2) is 0 Å². The topological polar surface area (TPSA) is 74.3 Å². The Hall–Kier alpha value is -4.00. The van der Waals surface area contributed by atoms with Crippen molar-refractivity contribution in [3.63, 3.8) is 0 Å². The van der Waals surface area contributed by atoms with Gasteiger partial charge in [-0.2, -0.15) is 0 Å². The Morgan fingerprint density at radius 1 is 0.950 bits per heavy atom. The number of carbonyl (C=O) groups is 2. The number of benzene rings is 3. The predicted molar refractivity (Wildman–Crippen MR) is 162 cm³/mol. The molecule has 1 radical (unpaired) electrons. The minimum Gasteiger partial charge on any atom is -0.459 e. The fourth-order valence-corrected chi connectivity index (χ4v) is 5.66. The predicted octanol–water partition coefficient (Wildman–Crippen LogP) is 7.52. The first kappa shape index (κ1) is 27.6. The Morgan fingerprint density at radius 2 is 1.62 bits per heavy atom. The zero-order valence-electron chi connectivity index (χ0n) is 23.0. The van der Waals surface area contributed by atoms with Gasteiger partial charge < -0.3 is 15.0 Å². The van der Waals surface area contributed by atoms with Crippen LogP contribution >= 0.6 is 11.3 Å². The molecule has 0 amide bonds. The average Bonchev–Trinajstić information content (AvgIpc) is 3.58. The van der Waals surface area contributed by atoms with E-state index in [0.29, 0.717) is 29.8 Å². The van der Waals surface area contributed by atoms with E-state index in [4.69, 9.17) is 10.5 Å². The van der Waals surface area contributed by atoms with E-state index in [1.807, 2.05) is 87.5 Å². The van der Waals surface area contributed by atoms with E-state index < -0.39 is 11.6 Å². The molecule has 0 saturated heterocycles. The molecule has 0 aliphatic carbocycles. The number of thiophene rings is 1. The fourth-order valence-electron chi connectivity index (χ4n) is 4.74. The average molecular weight is 550 g/mol. The van der Waals surface area contributed by atoms with Gasteiger partial charge >= 0.3 is 5.97 Å². The largest absolute Gasteiger partial charge is 0.459 e. The molecule has 6 heteroatoms. The van der Waals surface area contributed by atoms with Crippen LogP contribution in [0.3, 0.4) is 0 Å². The molecule has 1 atom stereocenters. The number of rotatable bonds is 9. The third-order valence-electron chi connectivity index (χ3n) is 6.65. The lowest BCUT2D eigenvalue weighted by molar-refractivity contribution is -0.156. The molecule has 2 N–H and O–H groups in total. The van der Waals surface area contributed by atoms with Crippen LogP contribution in [0.25, 0.3) is 32.6 Å². The van der Waals surface area contributed by atoms with Crippen molar-refractivity contribution >= 4 is 34.0 Å². The normalized spacial score (nSPS) is 12.4. The number of hydrogen-bond acceptors (Lipinski definition) is 5. The molecule has 2 heterocycles. The van der Waals surface area contributed by atoms with Crippen molar-refractivity contribution in [1.29, 1.82) is 0 Å². The van der Waals surface area contributed by atoms with E-state index in [1.165, 1.54) is 11.3 Å². The molecule has 0 aliphatic heterocycles. The number of nitrogens with two attached hydrogens (primary N) is 1. The molecule has 5 aromatic rings. The molecule has 0 fully saturated rings. The molecule has 5 rings (SSSR count). The molecule has 1 unspecified atom stereocenters. The number of nitrogens with zero attached hydrogens (tertiary/aromatic N) is 1. The van der Waals surface area contributed by atoms with Crippen LogP contribution < -0.4 is 5.73 Å². The second-order valence-electron chi connectivity index (χ2n) is 10.9. The summed E-state index contributed by atoms with van der Waals surface area (Å²) in [7, 11) is 0. The van der Waals surface area contributed by atoms with E-state index in [2.05, 4.69) is 28.8 Å². The summed E-state index contributed by atoms with van der Waals surface area (Å²) in [6.45, 7) is 6.16. The lowest BCUT2D eigenvalue weighted by atomic mass is 10.1. The second kappa shape index (κ2) is 11.6. The molecular formula is C34H33N2O3S. The van der Waals surface area contributed by atoms with Gasteiger partial charge in [-0.1, -0.05) is 72.8 Å². The zero-order valence-corrected chi connectivity index (χ0v) is 23.8. The number of hydrogen-bond donors (Lipinski definition) is 1. The summed E-state index contributed by atoms with van der Waals surface area (Å²) in [5.41, 5.74) is 10.4. The van der Waals surface area contributed by atoms with Crippen molar-refractivity contribution in [2.45, 2.75) is 51.8 Å². The third-order valence-corrected chi connectivity index (χ3v) is 7.73. The number of fused-ring (bicyclic) bond motifs is 1. The maximum Gasteiger partial charge on any atom is 0.323 e. The van der Waals surface area contributed by atoms with Crippen LogP contribution in [-0.4, -0.2) is 28.0 Å². The van der Waals surface area contributed by atoms with Gasteiger partial charge in [0.1, 0.15) is 11.6 Å². The molecule has 203 valence electrons. The number of ether oxygens (including phenoxy) is 1. The fraction of sp³-hybridized carbons (Fsp3) is 0.235. The minimum atomic E-state index is -0.688. The van der Waals surface area contributed by atoms with Crippen LogP contribution in [0.15, 0.2) is 91.0 Å². The smallest absolute Gasteiger partial charge is 0.323 e. The summed E-state index contributed by atoms with van der Waals surface area (Å²) in [6, 6.07) is 32.5. The highest BCUT2D eigenvalue weighted by Gasteiger charge is 2.22. The van der Waals surface area contributed by atoms with Gasteiger partial charge in [0.05, 0.1) is 4.88 Å². The van der Waals surface area contributed by atoms with Crippen LogP contribution in [-0.2, 0) is 16.1 Å². The van der Waals surface area contributed by atoms with Crippen molar-refractivity contribution in [2.75, 3.05) is 0 Å². The third kappa shape index (κ3) is 6.24. The SMILES string of the molecule is CC(C)(C)OC(=O)C(N)CCCn1c(-c2ccccc2)cc2ccc(C(=O)c3c[c]c(-c4ccccc4)s3)cc21. The summed E-state index contributed by atoms with van der Waals surface area (Å²) < 4.78 is 7.68. The van der Waals surface area contributed by atoms with Gasteiger partial charge in [0.2, 0.25) is 5.78 Å². The van der Waals surface area contributed by atoms with Crippen LogP contribution in [0, 0.1) is 6.07 Å². The maximum absolute atomic E-state index is 13.5. The summed E-state index contributed by atoms with van der Waals surface area (Å²) in [4.78, 5) is 27.5. The molecule has 0 saturated carbocycles. The Balaban J connectivity index is 1.43. The van der Waals surface area contributed by atoms with Crippen LogP contribution in [0.1, 0.15) is 48.8 Å². The highest BCUT2D eigenvalue weighted by Crippen LogP contribution is 2.32. The molecule has 2 aromatic heterocycles. The Labute approximate surface area is 239 Å². The van der Waals surface area contributed by atoms with E-state index in [9.17, 15) is 9.59 Å². The van der Waals surface area contributed by atoms with Crippen molar-refractivity contribution in [1.82, 2.24) is 4.57 Å². The molecule has 5 nitrogen and oxygen atoms in total. The zero-order chi connectivity index (χ0) is 28.3. The van der Waals surface area contributed by atoms with Crippen molar-refractivity contribution in [3.8, 4) is 21.7 Å². The lowest BCUT2D eigenvalue weighted by Crippen LogP contribution is -2.37. The standard InChI is InChI=1S/C34H33N2O3S/c1-34(2,3)39-33(38)27(35)15-10-20-36-28(23-11-6-4-7-12-23)21-25-16-17-26(22-29(25)36)32(37)31-19-18-30(40-31)24-13-8-5-9-14-24/h4-9,11-14,16-17,19,21-22,27H,10,15,20,35H2,1-3H3. The number of esters is 1. The van der Waals surface area contributed by atoms with Gasteiger partial charge in [0, 0.05) is 39.6 Å².